The first-order chi connectivity index (χ1) is 12.8. The molecule has 0 saturated heterocycles. The Hall–Kier alpha value is -2.26. The number of carbonyl (C=O) groups is 1. The smallest absolute Gasteiger partial charge is 0.248 e. The molecular weight excluding hydrogens is 436 g/mol. The molecule has 0 saturated carbocycles. The molecule has 0 radical (unpaired) electrons. The van der Waals surface area contributed by atoms with E-state index in [1.165, 1.54) is 6.92 Å². The number of hydrogen-bond donors (Lipinski definition) is 1. The summed E-state index contributed by atoms with van der Waals surface area (Å²) in [7, 11) is -3.73. The highest BCUT2D eigenvalue weighted by Gasteiger charge is 2.30. The number of carbonyl (C=O) groups excluding carboxylic acids is 1. The molecule has 1 heterocycles. The maximum Gasteiger partial charge on any atom is 0.248 e. The van der Waals surface area contributed by atoms with Gasteiger partial charge in [0.15, 0.2) is 11.5 Å². The van der Waals surface area contributed by atoms with E-state index >= 15 is 0 Å². The van der Waals surface area contributed by atoms with Crippen LogP contribution >= 0.6 is 15.9 Å². The van der Waals surface area contributed by atoms with Crippen LogP contribution in [0.2, 0.25) is 0 Å². The number of rotatable bonds is 5. The number of nitrogens with zero attached hydrogens (tertiary/aromatic N) is 1. The van der Waals surface area contributed by atoms with Gasteiger partial charge in [-0.1, -0.05) is 12.1 Å². The minimum atomic E-state index is -3.73. The number of ether oxygens (including phenoxy) is 2. The molecule has 1 N–H and O–H groups in total. The molecule has 1 atom stereocenters. The van der Waals surface area contributed by atoms with Crippen LogP contribution in [0, 0.1) is 0 Å². The van der Waals surface area contributed by atoms with Gasteiger partial charge in [0.1, 0.15) is 19.3 Å². The van der Waals surface area contributed by atoms with Crippen LogP contribution in [0.4, 0.5) is 11.4 Å². The van der Waals surface area contributed by atoms with Gasteiger partial charge in [0.2, 0.25) is 15.9 Å². The first-order valence-corrected chi connectivity index (χ1v) is 10.9. The topological polar surface area (TPSA) is 84.9 Å². The predicted octanol–water partition coefficient (Wildman–Crippen LogP) is 3.01. The van der Waals surface area contributed by atoms with Crippen molar-refractivity contribution < 1.29 is 22.7 Å². The van der Waals surface area contributed by atoms with Crippen molar-refractivity contribution in [1.29, 1.82) is 0 Å². The van der Waals surface area contributed by atoms with E-state index in [-0.39, 0.29) is 0 Å². The maximum atomic E-state index is 12.7. The Bertz CT molecular complexity index is 964. The molecule has 0 bridgehead atoms. The number of halogens is 1. The van der Waals surface area contributed by atoms with Gasteiger partial charge in [0.05, 0.1) is 17.6 Å². The van der Waals surface area contributed by atoms with Crippen molar-refractivity contribution in [2.75, 3.05) is 29.1 Å². The molecule has 0 unspecified atom stereocenters. The van der Waals surface area contributed by atoms with Gasteiger partial charge in [-0.2, -0.15) is 0 Å². The number of anilines is 2. The highest BCUT2D eigenvalue weighted by atomic mass is 79.9. The first kappa shape index (κ1) is 19.5. The molecule has 0 spiro atoms. The first-order valence-electron chi connectivity index (χ1n) is 8.22. The van der Waals surface area contributed by atoms with Gasteiger partial charge in [-0.05, 0) is 47.1 Å². The molecule has 1 amide bonds. The van der Waals surface area contributed by atoms with E-state index in [4.69, 9.17) is 9.47 Å². The normalized spacial score (nSPS) is 14.3. The number of fused-ring (bicyclic) bond motifs is 1. The van der Waals surface area contributed by atoms with Gasteiger partial charge in [0, 0.05) is 10.5 Å². The Labute approximate surface area is 166 Å². The van der Waals surface area contributed by atoms with E-state index in [1.54, 1.807) is 36.4 Å². The van der Waals surface area contributed by atoms with Crippen LogP contribution < -0.4 is 19.1 Å². The minimum Gasteiger partial charge on any atom is -0.486 e. The SMILES string of the molecule is C[C@@H](C(=O)Nc1ccccc1Br)N(c1ccc2c(c1)OCCO2)S(C)(=O)=O. The Kier molecular flexibility index (Phi) is 5.61. The predicted molar refractivity (Wildman–Crippen MR) is 107 cm³/mol. The molecular formula is C18H19BrN2O5S. The fraction of sp³-hybridized carbons (Fsp3) is 0.278. The van der Waals surface area contributed by atoms with Gasteiger partial charge in [-0.15, -0.1) is 0 Å². The van der Waals surface area contributed by atoms with E-state index < -0.39 is 22.0 Å². The van der Waals surface area contributed by atoms with Crippen LogP contribution in [-0.4, -0.2) is 39.8 Å². The number of nitrogens with one attached hydrogen (secondary N) is 1. The summed E-state index contributed by atoms with van der Waals surface area (Å²) in [6.45, 7) is 2.35. The average Bonchev–Trinajstić information content (AvgIpc) is 2.62. The molecule has 9 heteroatoms. The van der Waals surface area contributed by atoms with E-state index in [1.807, 2.05) is 6.07 Å². The van der Waals surface area contributed by atoms with Crippen molar-refractivity contribution >= 4 is 43.2 Å². The Morgan fingerprint density at radius 3 is 2.48 bits per heavy atom. The number of hydrogen-bond acceptors (Lipinski definition) is 5. The molecule has 3 rings (SSSR count). The number of benzene rings is 2. The van der Waals surface area contributed by atoms with Crippen LogP contribution in [0.1, 0.15) is 6.92 Å². The zero-order valence-corrected chi connectivity index (χ0v) is 17.2. The molecule has 0 aromatic heterocycles. The molecule has 0 aliphatic carbocycles. The number of sulfonamides is 1. The standard InChI is InChI=1S/C18H19BrN2O5S/c1-12(18(22)20-15-6-4-3-5-14(15)19)21(27(2,23)24)13-7-8-16-17(11-13)26-10-9-25-16/h3-8,11-12H,9-10H2,1-2H3,(H,20,22)/t12-/m0/s1. The van der Waals surface area contributed by atoms with Crippen LogP contribution in [0.5, 0.6) is 11.5 Å². The quantitative estimate of drug-likeness (QED) is 0.750. The van der Waals surface area contributed by atoms with Gasteiger partial charge in [-0.3, -0.25) is 9.10 Å². The Morgan fingerprint density at radius 2 is 1.81 bits per heavy atom. The zero-order chi connectivity index (χ0) is 19.6. The van der Waals surface area contributed by atoms with Crippen molar-refractivity contribution in [1.82, 2.24) is 0 Å². The van der Waals surface area contributed by atoms with E-state index in [0.29, 0.717) is 40.6 Å². The molecule has 2 aromatic carbocycles. The third-order valence-corrected chi connectivity index (χ3v) is 5.93. The summed E-state index contributed by atoms with van der Waals surface area (Å²) >= 11 is 3.36. The van der Waals surface area contributed by atoms with Gasteiger partial charge in [-0.25, -0.2) is 8.42 Å². The number of amides is 1. The summed E-state index contributed by atoms with van der Waals surface area (Å²) in [6, 6.07) is 10.9. The molecule has 0 fully saturated rings. The largest absolute Gasteiger partial charge is 0.486 e. The molecule has 144 valence electrons. The summed E-state index contributed by atoms with van der Waals surface area (Å²) in [4.78, 5) is 12.7. The molecule has 1 aliphatic heterocycles. The fourth-order valence-electron chi connectivity index (χ4n) is 2.78. The van der Waals surface area contributed by atoms with Crippen LogP contribution in [0.15, 0.2) is 46.9 Å². The third kappa shape index (κ3) is 4.36. The van der Waals surface area contributed by atoms with E-state index in [9.17, 15) is 13.2 Å². The third-order valence-electron chi connectivity index (χ3n) is 4.00. The van der Waals surface area contributed by atoms with Crippen LogP contribution in [-0.2, 0) is 14.8 Å². The fourth-order valence-corrected chi connectivity index (χ4v) is 4.33. The zero-order valence-electron chi connectivity index (χ0n) is 14.8. The van der Waals surface area contributed by atoms with E-state index in [2.05, 4.69) is 21.2 Å². The summed E-state index contributed by atoms with van der Waals surface area (Å²) in [6.07, 6.45) is 1.06. The second-order valence-corrected chi connectivity index (χ2v) is 8.75. The lowest BCUT2D eigenvalue weighted by Gasteiger charge is -2.29. The maximum absolute atomic E-state index is 12.7. The Morgan fingerprint density at radius 1 is 1.15 bits per heavy atom. The van der Waals surface area contributed by atoms with Gasteiger partial charge in [0.25, 0.3) is 0 Å². The lowest BCUT2D eigenvalue weighted by molar-refractivity contribution is -0.116. The second kappa shape index (κ2) is 7.77. The Balaban J connectivity index is 1.91. The number of para-hydroxylation sites is 1. The molecule has 2 aromatic rings. The van der Waals surface area contributed by atoms with Crippen molar-refractivity contribution in [2.24, 2.45) is 0 Å². The van der Waals surface area contributed by atoms with Crippen molar-refractivity contribution in [2.45, 2.75) is 13.0 Å². The van der Waals surface area contributed by atoms with Crippen LogP contribution in [0.3, 0.4) is 0 Å². The highest BCUT2D eigenvalue weighted by Crippen LogP contribution is 2.35. The molecule has 27 heavy (non-hydrogen) atoms. The summed E-state index contributed by atoms with van der Waals surface area (Å²) < 4.78 is 37.6. The lowest BCUT2D eigenvalue weighted by Crippen LogP contribution is -2.45. The van der Waals surface area contributed by atoms with Crippen LogP contribution in [0.25, 0.3) is 0 Å². The lowest BCUT2D eigenvalue weighted by atomic mass is 10.2. The second-order valence-electron chi connectivity index (χ2n) is 6.03. The molecule has 7 nitrogen and oxygen atoms in total. The summed E-state index contributed by atoms with van der Waals surface area (Å²) in [5.41, 5.74) is 0.890. The minimum absolute atomic E-state index is 0.330. The van der Waals surface area contributed by atoms with Gasteiger partial charge < -0.3 is 14.8 Å². The van der Waals surface area contributed by atoms with E-state index in [0.717, 1.165) is 10.6 Å². The van der Waals surface area contributed by atoms with Gasteiger partial charge >= 0.3 is 0 Å². The monoisotopic (exact) mass is 454 g/mol. The highest BCUT2D eigenvalue weighted by molar-refractivity contribution is 9.10. The van der Waals surface area contributed by atoms with Crippen molar-refractivity contribution in [3.63, 3.8) is 0 Å². The van der Waals surface area contributed by atoms with Crippen molar-refractivity contribution in [3.8, 4) is 11.5 Å². The molecule has 1 aliphatic rings. The summed E-state index contributed by atoms with van der Waals surface area (Å²) in [5, 5.41) is 2.75. The van der Waals surface area contributed by atoms with Crippen molar-refractivity contribution in [3.05, 3.63) is 46.9 Å². The average molecular weight is 455 g/mol. The summed E-state index contributed by atoms with van der Waals surface area (Å²) in [5.74, 6) is 0.539.